The normalized spacial score (nSPS) is 26.3. The van der Waals surface area contributed by atoms with Gasteiger partial charge in [-0.25, -0.2) is 4.98 Å². The molecule has 0 saturated carbocycles. The number of nitrogens with zero attached hydrogens (tertiary/aromatic N) is 2. The molecular formula is C11H19N3S. The summed E-state index contributed by atoms with van der Waals surface area (Å²) in [5.74, 6) is 0.694. The Morgan fingerprint density at radius 2 is 2.27 bits per heavy atom. The fourth-order valence-corrected chi connectivity index (χ4v) is 3.18. The third-order valence-corrected chi connectivity index (χ3v) is 4.50. The van der Waals surface area contributed by atoms with Crippen molar-refractivity contribution in [3.63, 3.8) is 0 Å². The van der Waals surface area contributed by atoms with Crippen LogP contribution >= 0.6 is 11.3 Å². The van der Waals surface area contributed by atoms with Gasteiger partial charge in [-0.2, -0.15) is 0 Å². The van der Waals surface area contributed by atoms with Gasteiger partial charge in [-0.05, 0) is 26.2 Å². The van der Waals surface area contributed by atoms with Gasteiger partial charge in [-0.15, -0.1) is 11.3 Å². The van der Waals surface area contributed by atoms with E-state index in [0.717, 1.165) is 23.9 Å². The Hall–Kier alpha value is -0.610. The maximum atomic E-state index is 5.83. The molecule has 3 nitrogen and oxygen atoms in total. The van der Waals surface area contributed by atoms with E-state index in [1.165, 1.54) is 11.3 Å². The number of thiazole rings is 1. The van der Waals surface area contributed by atoms with Crippen molar-refractivity contribution in [3.8, 4) is 0 Å². The molecule has 0 radical (unpaired) electrons. The molecule has 2 heterocycles. The zero-order valence-electron chi connectivity index (χ0n) is 9.66. The summed E-state index contributed by atoms with van der Waals surface area (Å²) in [6.07, 6.45) is 1.24. The molecule has 1 aromatic rings. The zero-order valence-corrected chi connectivity index (χ0v) is 10.5. The molecule has 1 aliphatic rings. The van der Waals surface area contributed by atoms with Gasteiger partial charge < -0.3 is 10.6 Å². The van der Waals surface area contributed by atoms with E-state index in [9.17, 15) is 0 Å². The summed E-state index contributed by atoms with van der Waals surface area (Å²) in [5, 5.41) is 1.16. The maximum absolute atomic E-state index is 5.83. The quantitative estimate of drug-likeness (QED) is 0.836. The van der Waals surface area contributed by atoms with Gasteiger partial charge in [0, 0.05) is 24.0 Å². The summed E-state index contributed by atoms with van der Waals surface area (Å²) in [4.78, 5) is 8.32. The summed E-state index contributed by atoms with van der Waals surface area (Å²) in [7, 11) is 0. The first-order valence-electron chi connectivity index (χ1n) is 5.54. The number of anilines is 1. The van der Waals surface area contributed by atoms with Gasteiger partial charge in [0.2, 0.25) is 0 Å². The third kappa shape index (κ3) is 1.88. The second-order valence-corrected chi connectivity index (χ2v) is 5.58. The summed E-state index contributed by atoms with van der Waals surface area (Å²) in [6, 6.07) is 0.481. The van der Waals surface area contributed by atoms with E-state index in [4.69, 9.17) is 5.73 Å². The smallest absolute Gasteiger partial charge is 0.186 e. The minimum atomic E-state index is 0.481. The molecule has 0 spiro atoms. The molecule has 2 N–H and O–H groups in total. The molecule has 0 amide bonds. The first-order valence-corrected chi connectivity index (χ1v) is 6.36. The molecule has 84 valence electrons. The first-order chi connectivity index (χ1) is 7.13. The fraction of sp³-hybridized carbons (Fsp3) is 0.727. The van der Waals surface area contributed by atoms with E-state index < -0.39 is 0 Å². The minimum Gasteiger partial charge on any atom is -0.344 e. The van der Waals surface area contributed by atoms with Crippen LogP contribution in [0, 0.1) is 19.8 Å². The van der Waals surface area contributed by atoms with E-state index >= 15 is 0 Å². The van der Waals surface area contributed by atoms with Crippen LogP contribution in [0.4, 0.5) is 5.13 Å². The van der Waals surface area contributed by atoms with Crippen molar-refractivity contribution in [3.05, 3.63) is 10.6 Å². The van der Waals surface area contributed by atoms with Crippen molar-refractivity contribution in [2.75, 3.05) is 18.0 Å². The van der Waals surface area contributed by atoms with Gasteiger partial charge in [-0.3, -0.25) is 0 Å². The molecule has 1 aliphatic heterocycles. The van der Waals surface area contributed by atoms with E-state index in [2.05, 4.69) is 30.7 Å². The topological polar surface area (TPSA) is 42.2 Å². The van der Waals surface area contributed by atoms with E-state index in [0.29, 0.717) is 12.0 Å². The lowest BCUT2D eigenvalue weighted by atomic mass is 10.0. The number of hydrogen-bond acceptors (Lipinski definition) is 4. The second-order valence-electron chi connectivity index (χ2n) is 4.40. The predicted molar refractivity (Wildman–Crippen MR) is 65.6 cm³/mol. The molecule has 1 saturated heterocycles. The monoisotopic (exact) mass is 225 g/mol. The van der Waals surface area contributed by atoms with Crippen LogP contribution in [0.25, 0.3) is 0 Å². The molecule has 2 atom stereocenters. The van der Waals surface area contributed by atoms with Crippen LogP contribution in [0.2, 0.25) is 0 Å². The maximum Gasteiger partial charge on any atom is 0.186 e. The zero-order chi connectivity index (χ0) is 11.0. The average molecular weight is 225 g/mol. The average Bonchev–Trinajstić information content (AvgIpc) is 2.71. The lowest BCUT2D eigenvalue weighted by Gasteiger charge is -2.24. The lowest BCUT2D eigenvalue weighted by molar-refractivity contribution is 0.519. The molecule has 0 aromatic carbocycles. The molecule has 0 aliphatic carbocycles. The third-order valence-electron chi connectivity index (χ3n) is 3.39. The van der Waals surface area contributed by atoms with E-state index in [-0.39, 0.29) is 0 Å². The standard InChI is InChI=1S/C11H19N3S/c1-7-4-5-14(10(7)6-12)11-13-8(2)9(3)15-11/h7,10H,4-6,12H2,1-3H3. The lowest BCUT2D eigenvalue weighted by Crippen LogP contribution is -2.38. The Balaban J connectivity index is 2.23. The Labute approximate surface area is 95.3 Å². The van der Waals surface area contributed by atoms with Gasteiger partial charge in [0.15, 0.2) is 5.13 Å². The highest BCUT2D eigenvalue weighted by molar-refractivity contribution is 7.15. The van der Waals surface area contributed by atoms with Crippen molar-refractivity contribution in [2.45, 2.75) is 33.2 Å². The highest BCUT2D eigenvalue weighted by atomic mass is 32.1. The van der Waals surface area contributed by atoms with Crippen molar-refractivity contribution >= 4 is 16.5 Å². The number of aromatic nitrogens is 1. The van der Waals surface area contributed by atoms with Crippen LogP contribution in [0.5, 0.6) is 0 Å². The summed E-state index contributed by atoms with van der Waals surface area (Å²) in [5.41, 5.74) is 6.99. The predicted octanol–water partition coefficient (Wildman–Crippen LogP) is 1.93. The van der Waals surface area contributed by atoms with Gasteiger partial charge in [0.05, 0.1) is 5.69 Å². The number of rotatable bonds is 2. The van der Waals surface area contributed by atoms with E-state index in [1.54, 1.807) is 11.3 Å². The Morgan fingerprint density at radius 3 is 2.80 bits per heavy atom. The highest BCUT2D eigenvalue weighted by Gasteiger charge is 2.31. The van der Waals surface area contributed by atoms with Crippen LogP contribution in [0.3, 0.4) is 0 Å². The largest absolute Gasteiger partial charge is 0.344 e. The van der Waals surface area contributed by atoms with Crippen molar-refractivity contribution < 1.29 is 0 Å². The molecule has 4 heteroatoms. The molecule has 1 fully saturated rings. The van der Waals surface area contributed by atoms with Crippen LogP contribution in [0.1, 0.15) is 23.9 Å². The SMILES string of the molecule is Cc1nc(N2CCC(C)C2CN)sc1C. The molecule has 0 bridgehead atoms. The van der Waals surface area contributed by atoms with Crippen molar-refractivity contribution in [1.29, 1.82) is 0 Å². The summed E-state index contributed by atoms with van der Waals surface area (Å²) in [6.45, 7) is 8.33. The highest BCUT2D eigenvalue weighted by Crippen LogP contribution is 2.33. The van der Waals surface area contributed by atoms with Crippen molar-refractivity contribution in [1.82, 2.24) is 4.98 Å². The van der Waals surface area contributed by atoms with Gasteiger partial charge in [-0.1, -0.05) is 6.92 Å². The minimum absolute atomic E-state index is 0.481. The number of hydrogen-bond donors (Lipinski definition) is 1. The Kier molecular flexibility index (Phi) is 2.98. The van der Waals surface area contributed by atoms with Crippen LogP contribution < -0.4 is 10.6 Å². The molecule has 2 unspecified atom stereocenters. The first kappa shape index (κ1) is 10.9. The second kappa shape index (κ2) is 4.10. The van der Waals surface area contributed by atoms with Crippen LogP contribution in [0.15, 0.2) is 0 Å². The summed E-state index contributed by atoms with van der Waals surface area (Å²) < 4.78 is 0. The van der Waals surface area contributed by atoms with Crippen LogP contribution in [-0.2, 0) is 0 Å². The fourth-order valence-electron chi connectivity index (χ4n) is 2.18. The molecule has 15 heavy (non-hydrogen) atoms. The van der Waals surface area contributed by atoms with E-state index in [1.807, 2.05) is 0 Å². The van der Waals surface area contributed by atoms with Gasteiger partial charge in [0.25, 0.3) is 0 Å². The van der Waals surface area contributed by atoms with Gasteiger partial charge in [0.1, 0.15) is 0 Å². The molecular weight excluding hydrogens is 206 g/mol. The molecule has 2 rings (SSSR count). The van der Waals surface area contributed by atoms with Gasteiger partial charge >= 0.3 is 0 Å². The summed E-state index contributed by atoms with van der Waals surface area (Å²) >= 11 is 1.79. The Morgan fingerprint density at radius 1 is 1.53 bits per heavy atom. The van der Waals surface area contributed by atoms with Crippen molar-refractivity contribution in [2.24, 2.45) is 11.7 Å². The number of aryl methyl sites for hydroxylation is 2. The van der Waals surface area contributed by atoms with Crippen LogP contribution in [-0.4, -0.2) is 24.1 Å². The number of nitrogens with two attached hydrogens (primary N) is 1. The Bertz CT molecular complexity index is 328. The molecule has 1 aromatic heterocycles.